The number of allylic oxidation sites excluding steroid dienone is 1. The Hall–Kier alpha value is -4.28. The number of aliphatic hydroxyl groups excluding tert-OH is 1. The fourth-order valence-corrected chi connectivity index (χ4v) is 7.99. The molecule has 3 aliphatic rings. The molecule has 2 bridgehead atoms. The molecular formula is C39H49N3O7. The van der Waals surface area contributed by atoms with Crippen molar-refractivity contribution in [2.24, 2.45) is 11.8 Å². The zero-order valence-corrected chi connectivity index (χ0v) is 28.6. The third-order valence-electron chi connectivity index (χ3n) is 10.2. The molecule has 2 N–H and O–H groups in total. The highest BCUT2D eigenvalue weighted by atomic mass is 16.5. The number of hydrogen-bond acceptors (Lipinski definition) is 7. The van der Waals surface area contributed by atoms with Gasteiger partial charge in [-0.05, 0) is 69.1 Å². The second-order valence-corrected chi connectivity index (χ2v) is 13.3. The van der Waals surface area contributed by atoms with E-state index in [-0.39, 0.29) is 43.9 Å². The van der Waals surface area contributed by atoms with Gasteiger partial charge in [0, 0.05) is 31.8 Å². The lowest BCUT2D eigenvalue weighted by molar-refractivity contribution is -0.146. The molecule has 3 saturated heterocycles. The standard InChI is InChI=1S/C39H49N3O7/c1-5-7-19-31(44)48-25-29(28-17-10-8-11-18-28)40-36(45)32-30-20-21-39(49-30)33(32)37(46)42(23-12-9-13-24-43)35(39)38(47)41(22-6-2)34-26(3)15-14-16-27(34)4/h5-6,8,10-11,14-18,29-30,32-33,35,43H,1-2,7,9,12-13,19-25H2,3-4H3,(H,40,45)/t29-,30+,32-,33-,35+,39-/m1/s1. The van der Waals surface area contributed by atoms with Crippen molar-refractivity contribution in [2.45, 2.75) is 82.6 Å². The van der Waals surface area contributed by atoms with Crippen LogP contribution in [-0.4, -0.2) is 77.7 Å². The van der Waals surface area contributed by atoms with Crippen molar-refractivity contribution < 1.29 is 33.8 Å². The molecule has 0 aromatic heterocycles. The Labute approximate surface area is 289 Å². The molecule has 0 aliphatic carbocycles. The number of fused-ring (bicyclic) bond motifs is 1. The number of rotatable bonds is 17. The Bertz CT molecular complexity index is 1520. The number of ether oxygens (including phenoxy) is 2. The SMILES string of the molecule is C=CCCC(=O)OC[C@@H](NC(=O)[C@@H]1[C@@H]2CC[C@]3(O2)[C@H](C(=O)N(CC=C)c2c(C)cccc2C)N(CCCCCO)C(=O)[C@@H]13)c1ccccc1. The number of unbranched alkanes of at least 4 members (excludes halogenated alkanes) is 2. The van der Waals surface area contributed by atoms with Gasteiger partial charge in [-0.25, -0.2) is 0 Å². The van der Waals surface area contributed by atoms with Gasteiger partial charge in [0.15, 0.2) is 0 Å². The van der Waals surface area contributed by atoms with Gasteiger partial charge in [0.05, 0.1) is 24.0 Å². The number of hydrogen-bond donors (Lipinski definition) is 2. The van der Waals surface area contributed by atoms with Gasteiger partial charge in [0.1, 0.15) is 18.2 Å². The molecule has 6 atom stereocenters. The Morgan fingerprint density at radius 2 is 1.82 bits per heavy atom. The number of likely N-dealkylation sites (tertiary alicyclic amines) is 1. The van der Waals surface area contributed by atoms with Crippen molar-refractivity contribution in [1.29, 1.82) is 0 Å². The second kappa shape index (κ2) is 16.0. The fraction of sp³-hybridized carbons (Fsp3) is 0.487. The highest BCUT2D eigenvalue weighted by Crippen LogP contribution is 2.59. The van der Waals surface area contributed by atoms with E-state index in [1.807, 2.05) is 62.4 Å². The number of nitrogens with zero attached hydrogens (tertiary/aromatic N) is 2. The maximum Gasteiger partial charge on any atom is 0.306 e. The van der Waals surface area contributed by atoms with Gasteiger partial charge >= 0.3 is 5.97 Å². The maximum atomic E-state index is 14.9. The van der Waals surface area contributed by atoms with Gasteiger partial charge in [0.2, 0.25) is 11.8 Å². The van der Waals surface area contributed by atoms with E-state index in [4.69, 9.17) is 9.47 Å². The molecule has 49 heavy (non-hydrogen) atoms. The van der Waals surface area contributed by atoms with Crippen molar-refractivity contribution in [3.63, 3.8) is 0 Å². The number of anilines is 1. The van der Waals surface area contributed by atoms with Gasteiger partial charge < -0.3 is 29.7 Å². The molecule has 0 radical (unpaired) electrons. The van der Waals surface area contributed by atoms with Crippen LogP contribution in [0.25, 0.3) is 0 Å². The average molecular weight is 672 g/mol. The number of amides is 3. The van der Waals surface area contributed by atoms with Crippen molar-refractivity contribution in [2.75, 3.05) is 31.2 Å². The Kier molecular flexibility index (Phi) is 11.7. The van der Waals surface area contributed by atoms with E-state index in [9.17, 15) is 24.3 Å². The minimum atomic E-state index is -1.17. The molecule has 262 valence electrons. The van der Waals surface area contributed by atoms with Crippen LogP contribution in [0, 0.1) is 25.7 Å². The second-order valence-electron chi connectivity index (χ2n) is 13.3. The summed E-state index contributed by atoms with van der Waals surface area (Å²) in [5, 5.41) is 12.5. The number of aryl methyl sites for hydroxylation is 2. The van der Waals surface area contributed by atoms with Crippen LogP contribution in [0.2, 0.25) is 0 Å². The van der Waals surface area contributed by atoms with E-state index in [2.05, 4.69) is 18.5 Å². The van der Waals surface area contributed by atoms with E-state index in [0.717, 1.165) is 22.4 Å². The summed E-state index contributed by atoms with van der Waals surface area (Å²) in [4.78, 5) is 59.4. The highest BCUT2D eigenvalue weighted by molar-refractivity contribution is 6.05. The third-order valence-corrected chi connectivity index (χ3v) is 10.2. The van der Waals surface area contributed by atoms with E-state index in [0.29, 0.717) is 45.1 Å². The lowest BCUT2D eigenvalue weighted by Gasteiger charge is -2.37. The molecule has 0 saturated carbocycles. The third kappa shape index (κ3) is 7.21. The molecule has 3 fully saturated rings. The number of carbonyl (C=O) groups excluding carboxylic acids is 4. The van der Waals surface area contributed by atoms with Crippen molar-refractivity contribution in [1.82, 2.24) is 10.2 Å². The topological polar surface area (TPSA) is 125 Å². The summed E-state index contributed by atoms with van der Waals surface area (Å²) in [6, 6.07) is 13.5. The zero-order valence-electron chi connectivity index (χ0n) is 28.6. The Morgan fingerprint density at radius 1 is 1.08 bits per heavy atom. The molecular weight excluding hydrogens is 622 g/mol. The van der Waals surface area contributed by atoms with Crippen LogP contribution < -0.4 is 10.2 Å². The van der Waals surface area contributed by atoms with Crippen molar-refractivity contribution >= 4 is 29.4 Å². The summed E-state index contributed by atoms with van der Waals surface area (Å²) >= 11 is 0. The van der Waals surface area contributed by atoms with Gasteiger partial charge in [-0.2, -0.15) is 0 Å². The van der Waals surface area contributed by atoms with E-state index >= 15 is 0 Å². The van der Waals surface area contributed by atoms with Crippen molar-refractivity contribution in [3.8, 4) is 0 Å². The average Bonchev–Trinajstić information content (AvgIpc) is 3.74. The predicted molar refractivity (Wildman–Crippen MR) is 186 cm³/mol. The normalized spacial score (nSPS) is 24.3. The summed E-state index contributed by atoms with van der Waals surface area (Å²) < 4.78 is 12.3. The molecule has 2 aromatic rings. The smallest absolute Gasteiger partial charge is 0.306 e. The van der Waals surface area contributed by atoms with Gasteiger partial charge in [0.25, 0.3) is 5.91 Å². The number of para-hydroxylation sites is 1. The molecule has 5 rings (SSSR count). The van der Waals surface area contributed by atoms with E-state index in [1.54, 1.807) is 22.0 Å². The van der Waals surface area contributed by atoms with Crippen LogP contribution in [0.5, 0.6) is 0 Å². The highest BCUT2D eigenvalue weighted by Gasteiger charge is 2.74. The lowest BCUT2D eigenvalue weighted by Crippen LogP contribution is -2.57. The van der Waals surface area contributed by atoms with Crippen LogP contribution >= 0.6 is 0 Å². The van der Waals surface area contributed by atoms with Crippen LogP contribution in [-0.2, 0) is 28.7 Å². The summed E-state index contributed by atoms with van der Waals surface area (Å²) in [5.41, 5.74) is 2.21. The Balaban J connectivity index is 1.47. The van der Waals surface area contributed by atoms with Crippen LogP contribution in [0.1, 0.15) is 67.7 Å². The number of nitrogens with one attached hydrogen (secondary N) is 1. The molecule has 10 nitrogen and oxygen atoms in total. The summed E-state index contributed by atoms with van der Waals surface area (Å²) in [7, 11) is 0. The quantitative estimate of drug-likeness (QED) is 0.142. The minimum Gasteiger partial charge on any atom is -0.463 e. The maximum absolute atomic E-state index is 14.9. The number of carbonyl (C=O) groups is 4. The van der Waals surface area contributed by atoms with E-state index in [1.165, 1.54) is 0 Å². The van der Waals surface area contributed by atoms with E-state index < -0.39 is 41.6 Å². The minimum absolute atomic E-state index is 0.0434. The Morgan fingerprint density at radius 3 is 2.49 bits per heavy atom. The molecule has 1 spiro atoms. The first kappa shape index (κ1) is 36.0. The molecule has 10 heteroatoms. The summed E-state index contributed by atoms with van der Waals surface area (Å²) in [5.74, 6) is -2.97. The molecule has 3 amide bonds. The first-order chi connectivity index (χ1) is 23.7. The number of aliphatic hydroxyl groups is 1. The van der Waals surface area contributed by atoms with Gasteiger partial charge in [-0.15, -0.1) is 13.2 Å². The number of benzene rings is 2. The molecule has 3 aliphatic heterocycles. The lowest BCUT2D eigenvalue weighted by atomic mass is 9.70. The van der Waals surface area contributed by atoms with Crippen LogP contribution in [0.15, 0.2) is 73.8 Å². The largest absolute Gasteiger partial charge is 0.463 e. The van der Waals surface area contributed by atoms with Crippen molar-refractivity contribution in [3.05, 3.63) is 90.5 Å². The first-order valence-electron chi connectivity index (χ1n) is 17.4. The monoisotopic (exact) mass is 671 g/mol. The number of esters is 1. The first-order valence-corrected chi connectivity index (χ1v) is 17.4. The summed E-state index contributed by atoms with van der Waals surface area (Å²) in [6.45, 7) is 12.0. The van der Waals surface area contributed by atoms with Crippen LogP contribution in [0.3, 0.4) is 0 Å². The summed E-state index contributed by atoms with van der Waals surface area (Å²) in [6.07, 6.45) is 6.32. The van der Waals surface area contributed by atoms with Crippen LogP contribution in [0.4, 0.5) is 5.69 Å². The molecule has 0 unspecified atom stereocenters. The fourth-order valence-electron chi connectivity index (χ4n) is 7.99. The zero-order chi connectivity index (χ0) is 35.1. The molecule has 2 aromatic carbocycles. The van der Waals surface area contributed by atoms with Gasteiger partial charge in [-0.1, -0.05) is 60.7 Å². The van der Waals surface area contributed by atoms with Gasteiger partial charge in [-0.3, -0.25) is 19.2 Å². The predicted octanol–water partition coefficient (Wildman–Crippen LogP) is 4.73. The molecule has 3 heterocycles.